The normalized spacial score (nSPS) is 14.8. The van der Waals surface area contributed by atoms with Gasteiger partial charge in [-0.1, -0.05) is 45.7 Å². The van der Waals surface area contributed by atoms with E-state index in [1.807, 2.05) is 30.3 Å². The highest BCUT2D eigenvalue weighted by Gasteiger charge is 2.29. The third kappa shape index (κ3) is 2.18. The molecule has 2 aromatic rings. The van der Waals surface area contributed by atoms with Crippen LogP contribution >= 0.6 is 38.9 Å². The molecule has 84 valence electrons. The molecule has 0 aliphatic rings. The van der Waals surface area contributed by atoms with Crippen LogP contribution in [0.15, 0.2) is 40.9 Å². The largest absolute Gasteiger partial charge is 0.380 e. The summed E-state index contributed by atoms with van der Waals surface area (Å²) in [6, 6.07) is 11.3. The molecule has 0 bridgehead atoms. The quantitative estimate of drug-likeness (QED) is 0.869. The summed E-state index contributed by atoms with van der Waals surface area (Å²) in [5.41, 5.74) is -0.175. The van der Waals surface area contributed by atoms with E-state index in [2.05, 4.69) is 15.9 Å². The minimum absolute atomic E-state index is 0.683. The molecule has 0 fully saturated rings. The van der Waals surface area contributed by atoms with Gasteiger partial charge in [0.15, 0.2) is 0 Å². The van der Waals surface area contributed by atoms with Gasteiger partial charge in [0.05, 0.1) is 4.34 Å². The molecule has 1 nitrogen and oxygen atoms in total. The smallest absolute Gasteiger partial charge is 0.122 e. The van der Waals surface area contributed by atoms with E-state index in [1.165, 1.54) is 11.3 Å². The molecular weight excluding hydrogens is 308 g/mol. The second-order valence-corrected chi connectivity index (χ2v) is 6.23. The molecule has 1 heterocycles. The Labute approximate surface area is 112 Å². The van der Waals surface area contributed by atoms with E-state index < -0.39 is 5.60 Å². The van der Waals surface area contributed by atoms with Crippen LogP contribution in [-0.4, -0.2) is 5.11 Å². The molecule has 0 aliphatic heterocycles. The molecule has 0 spiro atoms. The fourth-order valence-corrected chi connectivity index (χ4v) is 3.34. The molecule has 0 amide bonds. The van der Waals surface area contributed by atoms with Crippen LogP contribution in [0.1, 0.15) is 17.4 Å². The zero-order valence-electron chi connectivity index (χ0n) is 8.58. The van der Waals surface area contributed by atoms with Crippen LogP contribution in [-0.2, 0) is 5.60 Å². The van der Waals surface area contributed by atoms with E-state index in [-0.39, 0.29) is 0 Å². The van der Waals surface area contributed by atoms with Gasteiger partial charge < -0.3 is 5.11 Å². The molecule has 0 aliphatic carbocycles. The first-order valence-electron chi connectivity index (χ1n) is 4.75. The minimum Gasteiger partial charge on any atom is -0.380 e. The summed E-state index contributed by atoms with van der Waals surface area (Å²) in [5, 5.41) is 10.6. The maximum atomic E-state index is 10.6. The van der Waals surface area contributed by atoms with Gasteiger partial charge in [-0.25, -0.2) is 0 Å². The standard InChI is InChI=1S/C12H10BrClOS/c1-12(15,10-6-7-11(14)16-10)8-4-2-3-5-9(8)13/h2-7,15H,1H3. The van der Waals surface area contributed by atoms with Crippen LogP contribution in [0.5, 0.6) is 0 Å². The first kappa shape index (κ1) is 12.1. The summed E-state index contributed by atoms with van der Waals surface area (Å²) in [5.74, 6) is 0. The first-order valence-corrected chi connectivity index (χ1v) is 6.74. The third-order valence-electron chi connectivity index (χ3n) is 2.45. The first-order chi connectivity index (χ1) is 7.51. The molecule has 1 atom stereocenters. The van der Waals surface area contributed by atoms with Gasteiger partial charge in [0, 0.05) is 14.9 Å². The van der Waals surface area contributed by atoms with Crippen LogP contribution in [0, 0.1) is 0 Å². The zero-order valence-corrected chi connectivity index (χ0v) is 11.7. The van der Waals surface area contributed by atoms with Gasteiger partial charge >= 0.3 is 0 Å². The summed E-state index contributed by atoms with van der Waals surface area (Å²) in [4.78, 5) is 0.837. The van der Waals surface area contributed by atoms with Crippen molar-refractivity contribution in [1.29, 1.82) is 0 Å². The van der Waals surface area contributed by atoms with E-state index in [4.69, 9.17) is 11.6 Å². The second kappa shape index (κ2) is 4.49. The SMILES string of the molecule is CC(O)(c1ccc(Cl)s1)c1ccccc1Br. The lowest BCUT2D eigenvalue weighted by Crippen LogP contribution is -2.21. The van der Waals surface area contributed by atoms with Crippen molar-refractivity contribution in [1.82, 2.24) is 0 Å². The summed E-state index contributed by atoms with van der Waals surface area (Å²) < 4.78 is 1.58. The van der Waals surface area contributed by atoms with Gasteiger partial charge in [-0.15, -0.1) is 11.3 Å². The van der Waals surface area contributed by atoms with E-state index in [1.54, 1.807) is 13.0 Å². The fourth-order valence-electron chi connectivity index (χ4n) is 1.56. The number of hydrogen-bond donors (Lipinski definition) is 1. The lowest BCUT2D eigenvalue weighted by atomic mass is 9.94. The Morgan fingerprint density at radius 1 is 1.25 bits per heavy atom. The van der Waals surface area contributed by atoms with Gasteiger partial charge in [-0.05, 0) is 25.1 Å². The highest BCUT2D eigenvalue weighted by Crippen LogP contribution is 2.38. The molecule has 0 saturated carbocycles. The second-order valence-electron chi connectivity index (χ2n) is 3.66. The molecule has 2 rings (SSSR count). The van der Waals surface area contributed by atoms with Crippen molar-refractivity contribution in [2.75, 3.05) is 0 Å². The average molecular weight is 318 g/mol. The summed E-state index contributed by atoms with van der Waals surface area (Å²) >= 11 is 10.7. The number of thiophene rings is 1. The van der Waals surface area contributed by atoms with Gasteiger partial charge in [0.25, 0.3) is 0 Å². The van der Waals surface area contributed by atoms with Crippen LogP contribution in [0.2, 0.25) is 4.34 Å². The molecule has 1 aromatic carbocycles. The third-order valence-corrected chi connectivity index (χ3v) is 4.58. The molecular formula is C12H10BrClOS. The number of hydrogen-bond acceptors (Lipinski definition) is 2. The van der Waals surface area contributed by atoms with Crippen molar-refractivity contribution in [2.45, 2.75) is 12.5 Å². The lowest BCUT2D eigenvalue weighted by Gasteiger charge is -2.23. The average Bonchev–Trinajstić information content (AvgIpc) is 2.66. The van der Waals surface area contributed by atoms with Crippen molar-refractivity contribution in [3.8, 4) is 0 Å². The molecule has 0 radical (unpaired) electrons. The summed E-state index contributed by atoms with van der Waals surface area (Å²) in [7, 11) is 0. The highest BCUT2D eigenvalue weighted by molar-refractivity contribution is 9.10. The Hall–Kier alpha value is -0.350. The topological polar surface area (TPSA) is 20.2 Å². The maximum Gasteiger partial charge on any atom is 0.122 e. The minimum atomic E-state index is -1.02. The number of halogens is 2. The molecule has 1 N–H and O–H groups in total. The van der Waals surface area contributed by atoms with Crippen molar-refractivity contribution in [3.63, 3.8) is 0 Å². The van der Waals surface area contributed by atoms with Gasteiger partial charge in [0.2, 0.25) is 0 Å². The van der Waals surface area contributed by atoms with Crippen molar-refractivity contribution < 1.29 is 5.11 Å². The Balaban J connectivity index is 2.50. The van der Waals surface area contributed by atoms with Gasteiger partial charge in [0.1, 0.15) is 5.60 Å². The maximum absolute atomic E-state index is 10.6. The molecule has 0 saturated heterocycles. The summed E-state index contributed by atoms with van der Waals surface area (Å²) in [6.07, 6.45) is 0. The summed E-state index contributed by atoms with van der Waals surface area (Å²) in [6.45, 7) is 1.77. The van der Waals surface area contributed by atoms with Gasteiger partial charge in [-0.2, -0.15) is 0 Å². The van der Waals surface area contributed by atoms with E-state index in [9.17, 15) is 5.11 Å². The predicted octanol–water partition coefficient (Wildman–Crippen LogP) is 4.42. The Morgan fingerprint density at radius 3 is 2.50 bits per heavy atom. The van der Waals surface area contributed by atoms with Crippen LogP contribution in [0.25, 0.3) is 0 Å². The van der Waals surface area contributed by atoms with E-state index >= 15 is 0 Å². The number of aliphatic hydroxyl groups is 1. The molecule has 1 unspecified atom stereocenters. The Morgan fingerprint density at radius 2 is 1.94 bits per heavy atom. The van der Waals surface area contributed by atoms with Crippen molar-refractivity contribution in [2.24, 2.45) is 0 Å². The van der Waals surface area contributed by atoms with Crippen LogP contribution in [0.4, 0.5) is 0 Å². The fraction of sp³-hybridized carbons (Fsp3) is 0.167. The van der Waals surface area contributed by atoms with Crippen molar-refractivity contribution in [3.05, 3.63) is 55.6 Å². The molecule has 16 heavy (non-hydrogen) atoms. The van der Waals surface area contributed by atoms with Crippen LogP contribution < -0.4 is 0 Å². The van der Waals surface area contributed by atoms with E-state index in [0.29, 0.717) is 4.34 Å². The number of rotatable bonds is 2. The zero-order chi connectivity index (χ0) is 11.8. The Kier molecular flexibility index (Phi) is 3.40. The molecule has 4 heteroatoms. The highest BCUT2D eigenvalue weighted by atomic mass is 79.9. The van der Waals surface area contributed by atoms with E-state index in [0.717, 1.165) is 14.9 Å². The monoisotopic (exact) mass is 316 g/mol. The lowest BCUT2D eigenvalue weighted by molar-refractivity contribution is 0.105. The van der Waals surface area contributed by atoms with Gasteiger partial charge in [-0.3, -0.25) is 0 Å². The molecule has 1 aromatic heterocycles. The number of benzene rings is 1. The van der Waals surface area contributed by atoms with Crippen molar-refractivity contribution >= 4 is 38.9 Å². The Bertz CT molecular complexity index is 507. The van der Waals surface area contributed by atoms with Crippen LogP contribution in [0.3, 0.4) is 0 Å². The predicted molar refractivity (Wildman–Crippen MR) is 72.1 cm³/mol.